The topological polar surface area (TPSA) is 63.2 Å². The first-order chi connectivity index (χ1) is 8.39. The van der Waals surface area contributed by atoms with E-state index in [2.05, 4.69) is 15.6 Å². The van der Waals surface area contributed by atoms with Gasteiger partial charge in [-0.05, 0) is 19.9 Å². The Hall–Kier alpha value is -1.33. The summed E-state index contributed by atoms with van der Waals surface area (Å²) in [6.07, 6.45) is 1.48. The summed E-state index contributed by atoms with van der Waals surface area (Å²) in [7, 11) is 3.32. The van der Waals surface area contributed by atoms with Crippen LogP contribution in [0.2, 0.25) is 5.02 Å². The molecule has 6 heteroatoms. The normalized spacial score (nSPS) is 11.2. The van der Waals surface area contributed by atoms with Crippen molar-refractivity contribution in [1.82, 2.24) is 10.3 Å². The van der Waals surface area contributed by atoms with Gasteiger partial charge in [-0.1, -0.05) is 11.6 Å². The highest BCUT2D eigenvalue weighted by Crippen LogP contribution is 2.19. The van der Waals surface area contributed by atoms with Crippen LogP contribution in [0.15, 0.2) is 12.3 Å². The van der Waals surface area contributed by atoms with Crippen LogP contribution in [-0.4, -0.2) is 37.2 Å². The van der Waals surface area contributed by atoms with Crippen LogP contribution in [0.4, 0.5) is 5.82 Å². The lowest BCUT2D eigenvalue weighted by atomic mass is 10.1. The maximum Gasteiger partial charge on any atom is 0.253 e. The number of amides is 1. The second-order valence-corrected chi connectivity index (χ2v) is 4.86. The maximum atomic E-state index is 11.9. The van der Waals surface area contributed by atoms with Crippen LogP contribution in [0.5, 0.6) is 0 Å². The summed E-state index contributed by atoms with van der Waals surface area (Å²) in [5.41, 5.74) is 0.0172. The van der Waals surface area contributed by atoms with Crippen molar-refractivity contribution in [1.29, 1.82) is 0 Å². The molecule has 1 amide bonds. The Morgan fingerprint density at radius 1 is 1.56 bits per heavy atom. The lowest BCUT2D eigenvalue weighted by molar-refractivity contribution is 0.0228. The molecule has 2 N–H and O–H groups in total. The molecular weight excluding hydrogens is 254 g/mol. The van der Waals surface area contributed by atoms with Crippen LogP contribution in [0.1, 0.15) is 24.2 Å². The highest BCUT2D eigenvalue weighted by atomic mass is 35.5. The van der Waals surface area contributed by atoms with Crippen molar-refractivity contribution in [2.75, 3.05) is 26.0 Å². The summed E-state index contributed by atoms with van der Waals surface area (Å²) in [4.78, 5) is 15.9. The summed E-state index contributed by atoms with van der Waals surface area (Å²) in [5.74, 6) is 0.322. The second-order valence-electron chi connectivity index (χ2n) is 4.45. The first kappa shape index (κ1) is 14.7. The van der Waals surface area contributed by atoms with E-state index in [4.69, 9.17) is 16.3 Å². The second kappa shape index (κ2) is 6.02. The summed E-state index contributed by atoms with van der Waals surface area (Å²) in [6, 6.07) is 1.58. The molecular formula is C12H18ClN3O2. The molecule has 0 aromatic carbocycles. The molecule has 0 aliphatic heterocycles. The van der Waals surface area contributed by atoms with E-state index < -0.39 is 5.60 Å². The largest absolute Gasteiger partial charge is 0.377 e. The van der Waals surface area contributed by atoms with Crippen molar-refractivity contribution in [3.63, 3.8) is 0 Å². The number of aromatic nitrogens is 1. The number of nitrogens with one attached hydrogen (secondary N) is 2. The molecule has 18 heavy (non-hydrogen) atoms. The summed E-state index contributed by atoms with van der Waals surface area (Å²) in [6.45, 7) is 4.19. The predicted molar refractivity (Wildman–Crippen MR) is 72.2 cm³/mol. The summed E-state index contributed by atoms with van der Waals surface area (Å²) < 4.78 is 5.22. The average Bonchev–Trinajstić information content (AvgIpc) is 2.36. The fourth-order valence-electron chi connectivity index (χ4n) is 1.21. The van der Waals surface area contributed by atoms with Gasteiger partial charge in [0.05, 0.1) is 16.2 Å². The molecule has 0 radical (unpaired) electrons. The molecule has 0 atom stereocenters. The Morgan fingerprint density at radius 2 is 2.22 bits per heavy atom. The Labute approximate surface area is 112 Å². The Bertz CT molecular complexity index is 435. The molecule has 0 saturated carbocycles. The van der Waals surface area contributed by atoms with Crippen LogP contribution in [-0.2, 0) is 4.74 Å². The van der Waals surface area contributed by atoms with Crippen molar-refractivity contribution in [2.45, 2.75) is 19.4 Å². The molecule has 100 valence electrons. The van der Waals surface area contributed by atoms with Crippen molar-refractivity contribution in [3.05, 3.63) is 22.8 Å². The van der Waals surface area contributed by atoms with Crippen LogP contribution in [0.3, 0.4) is 0 Å². The van der Waals surface area contributed by atoms with Crippen molar-refractivity contribution in [3.8, 4) is 0 Å². The number of rotatable bonds is 5. The lowest BCUT2D eigenvalue weighted by Gasteiger charge is -2.23. The van der Waals surface area contributed by atoms with Crippen molar-refractivity contribution >= 4 is 23.3 Å². The van der Waals surface area contributed by atoms with E-state index in [9.17, 15) is 4.79 Å². The van der Waals surface area contributed by atoms with Gasteiger partial charge >= 0.3 is 0 Å². The number of pyridine rings is 1. The van der Waals surface area contributed by atoms with E-state index >= 15 is 0 Å². The highest BCUT2D eigenvalue weighted by Gasteiger charge is 2.18. The zero-order valence-electron chi connectivity index (χ0n) is 11.0. The van der Waals surface area contributed by atoms with E-state index in [0.717, 1.165) is 0 Å². The van der Waals surface area contributed by atoms with Gasteiger partial charge < -0.3 is 15.4 Å². The number of carbonyl (C=O) groups excluding carboxylic acids is 1. The first-order valence-corrected chi connectivity index (χ1v) is 5.94. The Kier molecular flexibility index (Phi) is 4.93. The van der Waals surface area contributed by atoms with E-state index in [1.54, 1.807) is 20.2 Å². The molecule has 0 saturated heterocycles. The molecule has 5 nitrogen and oxygen atoms in total. The number of hydrogen-bond acceptors (Lipinski definition) is 4. The van der Waals surface area contributed by atoms with Gasteiger partial charge in [0.15, 0.2) is 0 Å². The van der Waals surface area contributed by atoms with E-state index in [1.165, 1.54) is 6.20 Å². The molecule has 0 bridgehead atoms. The number of halogens is 1. The molecule has 0 unspecified atom stereocenters. The van der Waals surface area contributed by atoms with Crippen LogP contribution < -0.4 is 10.6 Å². The van der Waals surface area contributed by atoms with Gasteiger partial charge in [0.2, 0.25) is 0 Å². The zero-order valence-corrected chi connectivity index (χ0v) is 11.8. The third-order valence-corrected chi connectivity index (χ3v) is 2.86. The van der Waals surface area contributed by atoms with Gasteiger partial charge in [-0.3, -0.25) is 4.79 Å². The lowest BCUT2D eigenvalue weighted by Crippen LogP contribution is -2.39. The predicted octanol–water partition coefficient (Wildman–Crippen LogP) is 1.93. The standard InChI is InChI=1S/C12H18ClN3O2/c1-12(2,18-4)7-16-11(17)8-5-9(13)10(14-3)15-6-8/h5-6H,7H2,1-4H3,(H,14,15)(H,16,17). The number of anilines is 1. The molecule has 0 fully saturated rings. The third kappa shape index (κ3) is 3.85. The summed E-state index contributed by atoms with van der Waals surface area (Å²) in [5, 5.41) is 6.02. The molecule has 1 heterocycles. The third-order valence-electron chi connectivity index (χ3n) is 2.57. The highest BCUT2D eigenvalue weighted by molar-refractivity contribution is 6.33. The minimum Gasteiger partial charge on any atom is -0.377 e. The van der Waals surface area contributed by atoms with Crippen molar-refractivity contribution in [2.24, 2.45) is 0 Å². The van der Waals surface area contributed by atoms with Gasteiger partial charge in [-0.15, -0.1) is 0 Å². The fraction of sp³-hybridized carbons (Fsp3) is 0.500. The molecule has 0 aliphatic rings. The minimum absolute atomic E-state index is 0.225. The number of carbonyl (C=O) groups is 1. The van der Waals surface area contributed by atoms with Gasteiger partial charge in [0, 0.05) is 26.9 Å². The van der Waals surface area contributed by atoms with Gasteiger partial charge in [0.25, 0.3) is 5.91 Å². The van der Waals surface area contributed by atoms with Crippen LogP contribution in [0.25, 0.3) is 0 Å². The first-order valence-electron chi connectivity index (χ1n) is 5.56. The molecule has 1 aromatic rings. The SMILES string of the molecule is CNc1ncc(C(=O)NCC(C)(C)OC)cc1Cl. The Balaban J connectivity index is 2.71. The van der Waals surface area contributed by atoms with E-state index in [0.29, 0.717) is 22.9 Å². The monoisotopic (exact) mass is 271 g/mol. The van der Waals surface area contributed by atoms with Gasteiger partial charge in [0.1, 0.15) is 5.82 Å². The van der Waals surface area contributed by atoms with Crippen molar-refractivity contribution < 1.29 is 9.53 Å². The number of methoxy groups -OCH3 is 1. The zero-order chi connectivity index (χ0) is 13.8. The number of ether oxygens (including phenoxy) is 1. The molecule has 1 rings (SSSR count). The molecule has 0 spiro atoms. The Morgan fingerprint density at radius 3 is 2.72 bits per heavy atom. The van der Waals surface area contributed by atoms with E-state index in [1.807, 2.05) is 13.8 Å². The molecule has 1 aromatic heterocycles. The molecule has 0 aliphatic carbocycles. The number of nitrogens with zero attached hydrogens (tertiary/aromatic N) is 1. The summed E-state index contributed by atoms with van der Waals surface area (Å²) >= 11 is 5.96. The van der Waals surface area contributed by atoms with E-state index in [-0.39, 0.29) is 5.91 Å². The maximum absolute atomic E-state index is 11.9. The minimum atomic E-state index is -0.405. The smallest absolute Gasteiger partial charge is 0.253 e. The van der Waals surface area contributed by atoms with Crippen LogP contribution in [0, 0.1) is 0 Å². The average molecular weight is 272 g/mol. The fourth-order valence-corrected chi connectivity index (χ4v) is 1.47. The van der Waals surface area contributed by atoms with Gasteiger partial charge in [-0.25, -0.2) is 4.98 Å². The van der Waals surface area contributed by atoms with Crippen LogP contribution >= 0.6 is 11.6 Å². The quantitative estimate of drug-likeness (QED) is 0.859. The van der Waals surface area contributed by atoms with Gasteiger partial charge in [-0.2, -0.15) is 0 Å². The number of hydrogen-bond donors (Lipinski definition) is 2.